The molecule has 1 aliphatic rings. The van der Waals surface area contributed by atoms with E-state index in [1.54, 1.807) is 12.4 Å². The second-order valence-corrected chi connectivity index (χ2v) is 6.51. The molecular formula is C14H20ClN3O. The number of halogens is 1. The molecular weight excluding hydrogens is 262 g/mol. The summed E-state index contributed by atoms with van der Waals surface area (Å²) in [5.41, 5.74) is 0.526. The highest BCUT2D eigenvalue weighted by Crippen LogP contribution is 2.26. The summed E-state index contributed by atoms with van der Waals surface area (Å²) in [5.74, 6) is 0.653. The number of carbonyl (C=O) groups excluding carboxylic acids is 1. The van der Waals surface area contributed by atoms with Crippen LogP contribution in [0.1, 0.15) is 32.9 Å². The van der Waals surface area contributed by atoms with Gasteiger partial charge in [0.15, 0.2) is 0 Å². The molecule has 1 unspecified atom stereocenters. The molecule has 104 valence electrons. The van der Waals surface area contributed by atoms with Gasteiger partial charge in [-0.05, 0) is 18.8 Å². The van der Waals surface area contributed by atoms with Gasteiger partial charge in [0, 0.05) is 30.9 Å². The monoisotopic (exact) mass is 281 g/mol. The van der Waals surface area contributed by atoms with Gasteiger partial charge in [0.2, 0.25) is 5.91 Å². The lowest BCUT2D eigenvalue weighted by atomic mass is 9.95. The smallest absolute Gasteiger partial charge is 0.227 e. The van der Waals surface area contributed by atoms with Gasteiger partial charge in [0.1, 0.15) is 5.15 Å². The lowest BCUT2D eigenvalue weighted by molar-refractivity contribution is -0.138. The molecule has 1 aromatic heterocycles. The van der Waals surface area contributed by atoms with Crippen LogP contribution in [0.3, 0.4) is 0 Å². The van der Waals surface area contributed by atoms with Crippen LogP contribution in [0.25, 0.3) is 0 Å². The first-order chi connectivity index (χ1) is 8.88. The summed E-state index contributed by atoms with van der Waals surface area (Å²) in [6.07, 6.45) is 5.06. The topological polar surface area (TPSA) is 46.1 Å². The SMILES string of the molecule is CC(C)(C)C(=O)N1CCC(Cc2nccnc2Cl)C1. The highest BCUT2D eigenvalue weighted by Gasteiger charge is 2.33. The van der Waals surface area contributed by atoms with Crippen molar-refractivity contribution in [2.75, 3.05) is 13.1 Å². The first kappa shape index (κ1) is 14.3. The maximum Gasteiger partial charge on any atom is 0.227 e. The van der Waals surface area contributed by atoms with Gasteiger partial charge in [0.05, 0.1) is 5.69 Å². The van der Waals surface area contributed by atoms with E-state index in [1.165, 1.54) is 0 Å². The molecule has 0 radical (unpaired) electrons. The molecule has 1 aliphatic heterocycles. The lowest BCUT2D eigenvalue weighted by Crippen LogP contribution is -2.38. The van der Waals surface area contributed by atoms with E-state index in [2.05, 4.69) is 9.97 Å². The van der Waals surface area contributed by atoms with Gasteiger partial charge < -0.3 is 4.90 Å². The van der Waals surface area contributed by atoms with Crippen molar-refractivity contribution in [1.82, 2.24) is 14.9 Å². The van der Waals surface area contributed by atoms with E-state index in [4.69, 9.17) is 11.6 Å². The highest BCUT2D eigenvalue weighted by atomic mass is 35.5. The van der Waals surface area contributed by atoms with E-state index in [0.29, 0.717) is 11.1 Å². The minimum atomic E-state index is -0.306. The van der Waals surface area contributed by atoms with E-state index in [-0.39, 0.29) is 11.3 Å². The number of hydrogen-bond donors (Lipinski definition) is 0. The predicted molar refractivity (Wildman–Crippen MR) is 74.9 cm³/mol. The normalized spacial score (nSPS) is 19.8. The average Bonchev–Trinajstić information content (AvgIpc) is 2.78. The van der Waals surface area contributed by atoms with Crippen molar-refractivity contribution in [3.8, 4) is 0 Å². The van der Waals surface area contributed by atoms with Crippen molar-refractivity contribution < 1.29 is 4.79 Å². The molecule has 1 amide bonds. The van der Waals surface area contributed by atoms with E-state index in [0.717, 1.165) is 31.6 Å². The first-order valence-electron chi connectivity index (χ1n) is 6.62. The van der Waals surface area contributed by atoms with E-state index in [9.17, 15) is 4.79 Å². The molecule has 0 aliphatic carbocycles. The summed E-state index contributed by atoms with van der Waals surface area (Å²) >= 11 is 6.02. The fourth-order valence-corrected chi connectivity index (χ4v) is 2.60. The van der Waals surface area contributed by atoms with Gasteiger partial charge >= 0.3 is 0 Å². The maximum atomic E-state index is 12.2. The third kappa shape index (κ3) is 3.44. The zero-order valence-electron chi connectivity index (χ0n) is 11.7. The van der Waals surface area contributed by atoms with Crippen molar-refractivity contribution in [1.29, 1.82) is 0 Å². The third-order valence-corrected chi connectivity index (χ3v) is 3.74. The molecule has 4 nitrogen and oxygen atoms in total. The molecule has 1 saturated heterocycles. The van der Waals surface area contributed by atoms with Crippen LogP contribution in [0.5, 0.6) is 0 Å². The molecule has 0 bridgehead atoms. The van der Waals surface area contributed by atoms with E-state index < -0.39 is 0 Å². The average molecular weight is 282 g/mol. The summed E-state index contributed by atoms with van der Waals surface area (Å²) in [5, 5.41) is 0.475. The minimum Gasteiger partial charge on any atom is -0.342 e. The fourth-order valence-electron chi connectivity index (χ4n) is 2.42. The fraction of sp³-hybridized carbons (Fsp3) is 0.643. The second-order valence-electron chi connectivity index (χ2n) is 6.15. The Labute approximate surface area is 119 Å². The summed E-state index contributed by atoms with van der Waals surface area (Å²) in [7, 11) is 0. The van der Waals surface area contributed by atoms with Crippen molar-refractivity contribution in [2.24, 2.45) is 11.3 Å². The Bertz CT molecular complexity index is 470. The van der Waals surface area contributed by atoms with Crippen molar-refractivity contribution in [3.05, 3.63) is 23.2 Å². The molecule has 0 spiro atoms. The third-order valence-electron chi connectivity index (χ3n) is 3.42. The van der Waals surface area contributed by atoms with Crippen LogP contribution in [0, 0.1) is 11.3 Å². The molecule has 1 aromatic rings. The number of aromatic nitrogens is 2. The maximum absolute atomic E-state index is 12.2. The molecule has 2 rings (SSSR count). The molecule has 2 heterocycles. The van der Waals surface area contributed by atoms with Crippen molar-refractivity contribution in [2.45, 2.75) is 33.6 Å². The number of amides is 1. The molecule has 0 N–H and O–H groups in total. The lowest BCUT2D eigenvalue weighted by Gasteiger charge is -2.25. The number of hydrogen-bond acceptors (Lipinski definition) is 3. The summed E-state index contributed by atoms with van der Waals surface area (Å²) in [4.78, 5) is 22.5. The number of carbonyl (C=O) groups is 1. The van der Waals surface area contributed by atoms with Gasteiger partial charge in [-0.15, -0.1) is 0 Å². The van der Waals surface area contributed by atoms with Crippen LogP contribution in [0.15, 0.2) is 12.4 Å². The van der Waals surface area contributed by atoms with Crippen LogP contribution in [0.4, 0.5) is 0 Å². The van der Waals surface area contributed by atoms with Gasteiger partial charge in [-0.2, -0.15) is 0 Å². The molecule has 0 saturated carbocycles. The summed E-state index contributed by atoms with van der Waals surface area (Å²) < 4.78 is 0. The molecule has 1 atom stereocenters. The Morgan fingerprint density at radius 3 is 2.74 bits per heavy atom. The van der Waals surface area contributed by atoms with Crippen LogP contribution >= 0.6 is 11.6 Å². The first-order valence-corrected chi connectivity index (χ1v) is 7.00. The molecule has 19 heavy (non-hydrogen) atoms. The highest BCUT2D eigenvalue weighted by molar-refractivity contribution is 6.29. The zero-order chi connectivity index (χ0) is 14.0. The van der Waals surface area contributed by atoms with Crippen LogP contribution in [0.2, 0.25) is 5.15 Å². The van der Waals surface area contributed by atoms with Crippen LogP contribution in [-0.4, -0.2) is 33.9 Å². The Morgan fingerprint density at radius 1 is 1.42 bits per heavy atom. The molecule has 5 heteroatoms. The van der Waals surface area contributed by atoms with E-state index >= 15 is 0 Å². The minimum absolute atomic E-state index is 0.222. The standard InChI is InChI=1S/C14H20ClN3O/c1-14(2,3)13(19)18-7-4-10(9-18)8-11-12(15)17-6-5-16-11/h5-6,10H,4,7-9H2,1-3H3. The van der Waals surface area contributed by atoms with Crippen LogP contribution in [-0.2, 0) is 11.2 Å². The number of likely N-dealkylation sites (tertiary alicyclic amines) is 1. The Morgan fingerprint density at radius 2 is 2.11 bits per heavy atom. The van der Waals surface area contributed by atoms with Gasteiger partial charge in [0.25, 0.3) is 0 Å². The zero-order valence-corrected chi connectivity index (χ0v) is 12.4. The van der Waals surface area contributed by atoms with E-state index in [1.807, 2.05) is 25.7 Å². The Balaban J connectivity index is 1.96. The molecule has 1 fully saturated rings. The second kappa shape index (κ2) is 5.45. The largest absolute Gasteiger partial charge is 0.342 e. The van der Waals surface area contributed by atoms with Crippen LogP contribution < -0.4 is 0 Å². The van der Waals surface area contributed by atoms with Gasteiger partial charge in [-0.1, -0.05) is 32.4 Å². The molecule has 0 aromatic carbocycles. The summed E-state index contributed by atoms with van der Waals surface area (Å²) in [6.45, 7) is 7.51. The Hall–Kier alpha value is -1.16. The summed E-state index contributed by atoms with van der Waals surface area (Å²) in [6, 6.07) is 0. The predicted octanol–water partition coefficient (Wildman–Crippen LogP) is 2.57. The van der Waals surface area contributed by atoms with Crippen molar-refractivity contribution in [3.63, 3.8) is 0 Å². The quantitative estimate of drug-likeness (QED) is 0.837. The Kier molecular flexibility index (Phi) is 4.09. The number of nitrogens with zero attached hydrogens (tertiary/aromatic N) is 3. The van der Waals surface area contributed by atoms with Gasteiger partial charge in [-0.3, -0.25) is 9.78 Å². The van der Waals surface area contributed by atoms with Crippen molar-refractivity contribution >= 4 is 17.5 Å². The number of rotatable bonds is 2. The van der Waals surface area contributed by atoms with Gasteiger partial charge in [-0.25, -0.2) is 4.98 Å².